The fraction of sp³-hybridized carbons (Fsp3) is 0. The van der Waals surface area contributed by atoms with Crippen LogP contribution in [-0.4, -0.2) is 13.3 Å². The van der Waals surface area contributed by atoms with Gasteiger partial charge in [-0.05, 0) is 127 Å². The number of benzene rings is 2. The molecule has 0 aliphatic heterocycles. The molecule has 2 aromatic carbocycles. The van der Waals surface area contributed by atoms with Crippen LogP contribution in [0.1, 0.15) is 0 Å². The Kier molecular flexibility index (Phi) is 9.80. The van der Waals surface area contributed by atoms with Crippen LogP contribution in [0.3, 0.4) is 0 Å². The lowest BCUT2D eigenvalue weighted by Gasteiger charge is -2.15. The molecule has 0 spiro atoms. The molecule has 0 radical (unpaired) electrons. The van der Waals surface area contributed by atoms with Crippen LogP contribution in [0.5, 0.6) is 0 Å². The summed E-state index contributed by atoms with van der Waals surface area (Å²) < 4.78 is 31.9. The Labute approximate surface area is 195 Å². The SMILES string of the molecule is Brc1c(Br)c(Br)c2c(Br)c(Br)c(Br)c(Br)c2c1Br.O=S([O-])O. The van der Waals surface area contributed by atoms with E-state index in [4.69, 9.17) is 13.3 Å². The molecule has 3 nitrogen and oxygen atoms in total. The van der Waals surface area contributed by atoms with E-state index in [9.17, 15) is 0 Å². The predicted octanol–water partition coefficient (Wildman–Crippen LogP) is 8.28. The number of hydrogen-bond donors (Lipinski definition) is 1. The maximum atomic E-state index is 8.56. The first kappa shape index (κ1) is 22.7. The van der Waals surface area contributed by atoms with Gasteiger partial charge in [0.15, 0.2) is 0 Å². The Morgan fingerprint density at radius 2 is 0.727 bits per heavy atom. The van der Waals surface area contributed by atoms with Crippen molar-refractivity contribution in [3.63, 3.8) is 0 Å². The van der Waals surface area contributed by atoms with Crippen molar-refractivity contribution in [1.29, 1.82) is 0 Å². The van der Waals surface area contributed by atoms with Crippen LogP contribution in [0.4, 0.5) is 0 Å². The topological polar surface area (TPSA) is 60.4 Å². The summed E-state index contributed by atoms with van der Waals surface area (Å²) in [6, 6.07) is 0. The molecule has 0 aliphatic carbocycles. The summed E-state index contributed by atoms with van der Waals surface area (Å²) in [6.07, 6.45) is 0. The molecule has 1 N–H and O–H groups in total. The Hall–Kier alpha value is 2.61. The number of hydrogen-bond acceptors (Lipinski definition) is 2. The Balaban J connectivity index is 0.000000541. The number of fused-ring (bicyclic) bond motifs is 1. The fourth-order valence-corrected chi connectivity index (χ4v) is 7.02. The average molecular weight is 840 g/mol. The Morgan fingerprint density at radius 3 is 0.864 bits per heavy atom. The molecule has 0 aromatic heterocycles. The van der Waals surface area contributed by atoms with Crippen LogP contribution < -0.4 is 0 Å². The molecule has 2 rings (SSSR count). The standard InChI is InChI=1S/C10Br8.H2O3S/c11-3-1-2(5(13)9(17)7(3)15)6(14)10(18)8(16)4(1)12;1-4(2)3/h;(H2,1,2,3)/p-1. The summed E-state index contributed by atoms with van der Waals surface area (Å²) in [6.45, 7) is 0. The van der Waals surface area contributed by atoms with Gasteiger partial charge < -0.3 is 9.11 Å². The van der Waals surface area contributed by atoms with Gasteiger partial charge >= 0.3 is 0 Å². The maximum absolute atomic E-state index is 8.56. The first-order valence-electron chi connectivity index (χ1n) is 4.78. The molecular weight excluding hydrogens is 839 g/mol. The molecule has 0 saturated heterocycles. The summed E-state index contributed by atoms with van der Waals surface area (Å²) in [5.74, 6) is 0. The highest BCUT2D eigenvalue weighted by atomic mass is 79.9. The van der Waals surface area contributed by atoms with Gasteiger partial charge in [0.05, 0.1) is 11.4 Å². The van der Waals surface area contributed by atoms with E-state index in [1.165, 1.54) is 0 Å². The third kappa shape index (κ3) is 4.86. The molecule has 122 valence electrons. The first-order valence-corrected chi connectivity index (χ1v) is 12.2. The third-order valence-electron chi connectivity index (χ3n) is 2.28. The highest BCUT2D eigenvalue weighted by Crippen LogP contribution is 2.52. The van der Waals surface area contributed by atoms with Gasteiger partial charge in [0.2, 0.25) is 0 Å². The summed E-state index contributed by atoms with van der Waals surface area (Å²) in [5.41, 5.74) is 0. The zero-order valence-corrected chi connectivity index (χ0v) is 23.2. The first-order chi connectivity index (χ1) is 10.0. The van der Waals surface area contributed by atoms with Gasteiger partial charge in [-0.15, -0.1) is 0 Å². The van der Waals surface area contributed by atoms with E-state index in [2.05, 4.69) is 127 Å². The minimum absolute atomic E-state index is 0.962. The average Bonchev–Trinajstić information content (AvgIpc) is 2.43. The van der Waals surface area contributed by atoms with Crippen LogP contribution in [0, 0.1) is 0 Å². The number of halogens is 8. The largest absolute Gasteiger partial charge is 0.750 e. The monoisotopic (exact) mass is 832 g/mol. The van der Waals surface area contributed by atoms with Crippen LogP contribution in [0.2, 0.25) is 0 Å². The molecule has 0 heterocycles. The van der Waals surface area contributed by atoms with E-state index in [0.29, 0.717) is 0 Å². The van der Waals surface area contributed by atoms with Gasteiger partial charge in [-0.3, -0.25) is 0 Å². The van der Waals surface area contributed by atoms with Crippen molar-refractivity contribution in [3.05, 3.63) is 35.8 Å². The lowest BCUT2D eigenvalue weighted by Crippen LogP contribution is -1.88. The molecule has 22 heavy (non-hydrogen) atoms. The van der Waals surface area contributed by atoms with Gasteiger partial charge in [-0.1, -0.05) is 0 Å². The second-order valence-electron chi connectivity index (χ2n) is 3.48. The quantitative estimate of drug-likeness (QED) is 0.165. The smallest absolute Gasteiger partial charge is 0.0814 e. The van der Waals surface area contributed by atoms with Crippen LogP contribution in [0.15, 0.2) is 35.8 Å². The highest BCUT2D eigenvalue weighted by Gasteiger charge is 2.22. The van der Waals surface area contributed by atoms with E-state index in [-0.39, 0.29) is 0 Å². The second kappa shape index (κ2) is 9.52. The number of rotatable bonds is 0. The molecule has 2 aromatic rings. The van der Waals surface area contributed by atoms with Crippen molar-refractivity contribution in [2.24, 2.45) is 0 Å². The van der Waals surface area contributed by atoms with Gasteiger partial charge in [0.1, 0.15) is 0 Å². The highest BCUT2D eigenvalue weighted by molar-refractivity contribution is 9.16. The van der Waals surface area contributed by atoms with Gasteiger partial charge in [-0.2, -0.15) is 0 Å². The lowest BCUT2D eigenvalue weighted by atomic mass is 10.1. The van der Waals surface area contributed by atoms with Crippen molar-refractivity contribution in [3.8, 4) is 0 Å². The summed E-state index contributed by atoms with van der Waals surface area (Å²) in [5, 5.41) is 2.14. The zero-order chi connectivity index (χ0) is 17.4. The fourth-order valence-electron chi connectivity index (χ4n) is 1.46. The predicted molar refractivity (Wildman–Crippen MR) is 117 cm³/mol. The van der Waals surface area contributed by atoms with E-state index in [0.717, 1.165) is 46.6 Å². The minimum atomic E-state index is -2.86. The van der Waals surface area contributed by atoms with Gasteiger partial charge in [0, 0.05) is 46.6 Å². The van der Waals surface area contributed by atoms with Crippen molar-refractivity contribution >= 4 is 150 Å². The van der Waals surface area contributed by atoms with Crippen molar-refractivity contribution in [1.82, 2.24) is 0 Å². The second-order valence-corrected chi connectivity index (χ2v) is 10.3. The molecule has 1 atom stereocenters. The zero-order valence-electron chi connectivity index (χ0n) is 9.70. The Morgan fingerprint density at radius 1 is 0.591 bits per heavy atom. The Bertz CT molecular complexity index is 662. The van der Waals surface area contributed by atoms with Crippen LogP contribution in [-0.2, 0) is 11.4 Å². The molecular formula is C10HBr8O3S-. The van der Waals surface area contributed by atoms with E-state index >= 15 is 0 Å². The third-order valence-corrected chi connectivity index (χ3v) is 11.8. The molecule has 12 heteroatoms. The van der Waals surface area contributed by atoms with Crippen molar-refractivity contribution in [2.75, 3.05) is 0 Å². The lowest BCUT2D eigenvalue weighted by molar-refractivity contribution is 0.436. The van der Waals surface area contributed by atoms with Crippen LogP contribution in [0.25, 0.3) is 10.8 Å². The molecule has 0 fully saturated rings. The molecule has 0 amide bonds. The molecule has 0 saturated carbocycles. The molecule has 1 unspecified atom stereocenters. The van der Waals surface area contributed by atoms with E-state index in [1.54, 1.807) is 0 Å². The van der Waals surface area contributed by atoms with E-state index < -0.39 is 11.4 Å². The molecule has 0 bridgehead atoms. The summed E-state index contributed by atoms with van der Waals surface area (Å²) >= 11 is 25.9. The molecule has 0 aliphatic rings. The van der Waals surface area contributed by atoms with E-state index in [1.807, 2.05) is 0 Å². The minimum Gasteiger partial charge on any atom is -0.750 e. The van der Waals surface area contributed by atoms with Gasteiger partial charge in [0.25, 0.3) is 0 Å². The van der Waals surface area contributed by atoms with Crippen molar-refractivity contribution < 1.29 is 13.3 Å². The summed E-state index contributed by atoms with van der Waals surface area (Å²) in [7, 11) is 0. The van der Waals surface area contributed by atoms with Crippen molar-refractivity contribution in [2.45, 2.75) is 0 Å². The maximum Gasteiger partial charge on any atom is 0.0814 e. The summed E-state index contributed by atoms with van der Waals surface area (Å²) in [4.78, 5) is 0. The van der Waals surface area contributed by atoms with Crippen LogP contribution >= 0.6 is 127 Å². The normalized spacial score (nSPS) is 12.1. The van der Waals surface area contributed by atoms with Gasteiger partial charge in [-0.25, -0.2) is 4.21 Å².